The van der Waals surface area contributed by atoms with Crippen molar-refractivity contribution in [1.82, 2.24) is 0 Å². The van der Waals surface area contributed by atoms with Crippen molar-refractivity contribution in [3.63, 3.8) is 0 Å². The van der Waals surface area contributed by atoms with Gasteiger partial charge < -0.3 is 10.6 Å². The Bertz CT molecular complexity index is 538. The molecule has 2 rings (SSSR count). The second kappa shape index (κ2) is 5.51. The molecule has 0 aromatic heterocycles. The highest BCUT2D eigenvalue weighted by molar-refractivity contribution is 6.35. The first-order valence-electron chi connectivity index (χ1n) is 5.57. The summed E-state index contributed by atoms with van der Waals surface area (Å²) in [6.45, 7) is 0.722. The van der Waals surface area contributed by atoms with Crippen LogP contribution in [0.15, 0.2) is 42.5 Å². The third kappa shape index (κ3) is 3.09. The molecule has 0 unspecified atom stereocenters. The third-order valence-electron chi connectivity index (χ3n) is 2.76. The van der Waals surface area contributed by atoms with Crippen LogP contribution in [-0.4, -0.2) is 7.05 Å². The van der Waals surface area contributed by atoms with E-state index in [1.165, 1.54) is 0 Å². The lowest BCUT2D eigenvalue weighted by molar-refractivity contribution is 0.923. The lowest BCUT2D eigenvalue weighted by atomic mass is 10.2. The van der Waals surface area contributed by atoms with Gasteiger partial charge in [0, 0.05) is 35.0 Å². The Morgan fingerprint density at radius 2 is 1.72 bits per heavy atom. The second-order valence-electron chi connectivity index (χ2n) is 4.18. The summed E-state index contributed by atoms with van der Waals surface area (Å²) in [7, 11) is 2.01. The molecule has 0 aliphatic rings. The van der Waals surface area contributed by atoms with Crippen LogP contribution >= 0.6 is 23.2 Å². The molecule has 0 bridgehead atoms. The Morgan fingerprint density at radius 3 is 2.33 bits per heavy atom. The van der Waals surface area contributed by atoms with Gasteiger partial charge in [0.2, 0.25) is 0 Å². The Morgan fingerprint density at radius 1 is 1.06 bits per heavy atom. The van der Waals surface area contributed by atoms with Crippen LogP contribution in [0.5, 0.6) is 0 Å². The van der Waals surface area contributed by atoms with Gasteiger partial charge in [-0.25, -0.2) is 0 Å². The number of benzene rings is 2. The summed E-state index contributed by atoms with van der Waals surface area (Å²) in [5.41, 5.74) is 8.56. The average Bonchev–Trinajstić information content (AvgIpc) is 2.33. The Balaban J connectivity index is 2.15. The molecule has 94 valence electrons. The summed E-state index contributed by atoms with van der Waals surface area (Å²) in [4.78, 5) is 2.11. The summed E-state index contributed by atoms with van der Waals surface area (Å²) < 4.78 is 0. The van der Waals surface area contributed by atoms with Crippen LogP contribution in [-0.2, 0) is 6.54 Å². The van der Waals surface area contributed by atoms with Crippen molar-refractivity contribution in [1.29, 1.82) is 0 Å². The van der Waals surface area contributed by atoms with E-state index < -0.39 is 0 Å². The van der Waals surface area contributed by atoms with E-state index in [0.29, 0.717) is 10.0 Å². The Kier molecular flexibility index (Phi) is 4.00. The quantitative estimate of drug-likeness (QED) is 0.854. The minimum absolute atomic E-state index is 0.652. The lowest BCUT2D eigenvalue weighted by Gasteiger charge is -2.20. The maximum Gasteiger partial charge on any atom is 0.0470 e. The molecule has 0 amide bonds. The van der Waals surface area contributed by atoms with Gasteiger partial charge in [-0.3, -0.25) is 0 Å². The smallest absolute Gasteiger partial charge is 0.0470 e. The van der Waals surface area contributed by atoms with E-state index in [1.54, 1.807) is 6.07 Å². The van der Waals surface area contributed by atoms with E-state index in [9.17, 15) is 0 Å². The molecule has 2 nitrogen and oxygen atoms in total. The SMILES string of the molecule is CN(Cc1ccc(Cl)cc1Cl)c1ccc(N)cc1. The van der Waals surface area contributed by atoms with Gasteiger partial charge in [-0.2, -0.15) is 0 Å². The Hall–Kier alpha value is -1.38. The highest BCUT2D eigenvalue weighted by Crippen LogP contribution is 2.24. The number of nitrogens with two attached hydrogens (primary N) is 1. The van der Waals surface area contributed by atoms with Gasteiger partial charge in [0.1, 0.15) is 0 Å². The van der Waals surface area contributed by atoms with Crippen molar-refractivity contribution in [2.75, 3.05) is 17.7 Å². The van der Waals surface area contributed by atoms with E-state index in [-0.39, 0.29) is 0 Å². The molecule has 0 saturated heterocycles. The molecule has 0 aliphatic heterocycles. The summed E-state index contributed by atoms with van der Waals surface area (Å²) >= 11 is 12.0. The van der Waals surface area contributed by atoms with Crippen molar-refractivity contribution in [2.24, 2.45) is 0 Å². The summed E-state index contributed by atoms with van der Waals surface area (Å²) in [5.74, 6) is 0. The number of hydrogen-bond acceptors (Lipinski definition) is 2. The van der Waals surface area contributed by atoms with Crippen LogP contribution in [0.2, 0.25) is 10.0 Å². The zero-order valence-corrected chi connectivity index (χ0v) is 11.5. The summed E-state index contributed by atoms with van der Waals surface area (Å²) in [6, 6.07) is 13.3. The van der Waals surface area contributed by atoms with Crippen molar-refractivity contribution < 1.29 is 0 Å². The highest BCUT2D eigenvalue weighted by Gasteiger charge is 2.06. The first-order chi connectivity index (χ1) is 8.56. The van der Waals surface area contributed by atoms with Crippen molar-refractivity contribution >= 4 is 34.6 Å². The third-order valence-corrected chi connectivity index (χ3v) is 3.34. The van der Waals surface area contributed by atoms with Gasteiger partial charge in [-0.15, -0.1) is 0 Å². The van der Waals surface area contributed by atoms with Crippen LogP contribution in [0.1, 0.15) is 5.56 Å². The molecular formula is C14H14Cl2N2. The topological polar surface area (TPSA) is 29.3 Å². The molecule has 18 heavy (non-hydrogen) atoms. The maximum atomic E-state index is 6.16. The fourth-order valence-electron chi connectivity index (χ4n) is 1.73. The lowest BCUT2D eigenvalue weighted by Crippen LogP contribution is -2.16. The number of anilines is 2. The molecule has 0 radical (unpaired) electrons. The number of rotatable bonds is 3. The highest BCUT2D eigenvalue weighted by atomic mass is 35.5. The van der Waals surface area contributed by atoms with Gasteiger partial charge >= 0.3 is 0 Å². The molecule has 0 atom stereocenters. The minimum atomic E-state index is 0.652. The van der Waals surface area contributed by atoms with Crippen molar-refractivity contribution in [3.8, 4) is 0 Å². The molecule has 2 N–H and O–H groups in total. The second-order valence-corrected chi connectivity index (χ2v) is 5.03. The molecule has 0 saturated carbocycles. The predicted molar refractivity (Wildman–Crippen MR) is 79.4 cm³/mol. The molecule has 2 aromatic carbocycles. The number of nitrogens with zero attached hydrogens (tertiary/aromatic N) is 1. The first kappa shape index (κ1) is 13.1. The summed E-state index contributed by atoms with van der Waals surface area (Å²) in [5, 5.41) is 1.34. The molecule has 0 heterocycles. The molecule has 0 spiro atoms. The zero-order valence-electron chi connectivity index (χ0n) is 10.0. The van der Waals surface area contributed by atoms with E-state index in [1.807, 2.05) is 43.4 Å². The van der Waals surface area contributed by atoms with Crippen molar-refractivity contribution in [3.05, 3.63) is 58.1 Å². The number of halogens is 2. The standard InChI is InChI=1S/C14H14Cl2N2/c1-18(13-6-4-12(17)5-7-13)9-10-2-3-11(15)8-14(10)16/h2-8H,9,17H2,1H3. The fourth-order valence-corrected chi connectivity index (χ4v) is 2.19. The molecule has 4 heteroatoms. The van der Waals surface area contributed by atoms with Crippen LogP contribution in [0.25, 0.3) is 0 Å². The van der Waals surface area contributed by atoms with Crippen molar-refractivity contribution in [2.45, 2.75) is 6.54 Å². The number of hydrogen-bond donors (Lipinski definition) is 1. The Labute approximate surface area is 117 Å². The molecule has 2 aromatic rings. The predicted octanol–water partition coefficient (Wildman–Crippen LogP) is 4.21. The van der Waals surface area contributed by atoms with Crippen LogP contribution in [0.3, 0.4) is 0 Å². The van der Waals surface area contributed by atoms with E-state index in [4.69, 9.17) is 28.9 Å². The van der Waals surface area contributed by atoms with Gasteiger partial charge in [0.15, 0.2) is 0 Å². The minimum Gasteiger partial charge on any atom is -0.399 e. The van der Waals surface area contributed by atoms with E-state index >= 15 is 0 Å². The van der Waals surface area contributed by atoms with Gasteiger partial charge in [0.25, 0.3) is 0 Å². The number of nitrogen functional groups attached to an aromatic ring is 1. The van der Waals surface area contributed by atoms with Gasteiger partial charge in [-0.1, -0.05) is 29.3 Å². The first-order valence-corrected chi connectivity index (χ1v) is 6.32. The van der Waals surface area contributed by atoms with Crippen LogP contribution < -0.4 is 10.6 Å². The fraction of sp³-hybridized carbons (Fsp3) is 0.143. The normalized spacial score (nSPS) is 10.4. The molecular weight excluding hydrogens is 267 g/mol. The average molecular weight is 281 g/mol. The van der Waals surface area contributed by atoms with Crippen LogP contribution in [0.4, 0.5) is 11.4 Å². The van der Waals surface area contributed by atoms with Crippen LogP contribution in [0, 0.1) is 0 Å². The maximum absolute atomic E-state index is 6.16. The zero-order chi connectivity index (χ0) is 13.1. The van der Waals surface area contributed by atoms with E-state index in [0.717, 1.165) is 23.5 Å². The van der Waals surface area contributed by atoms with Gasteiger partial charge in [0.05, 0.1) is 0 Å². The van der Waals surface area contributed by atoms with E-state index in [2.05, 4.69) is 4.90 Å². The van der Waals surface area contributed by atoms with Gasteiger partial charge in [-0.05, 0) is 42.0 Å². The molecule has 0 aliphatic carbocycles. The monoisotopic (exact) mass is 280 g/mol. The largest absolute Gasteiger partial charge is 0.399 e. The summed E-state index contributed by atoms with van der Waals surface area (Å²) in [6.07, 6.45) is 0. The molecule has 0 fully saturated rings.